The number of benzene rings is 2. The lowest BCUT2D eigenvalue weighted by atomic mass is 10.2. The van der Waals surface area contributed by atoms with Crippen LogP contribution in [0.3, 0.4) is 0 Å². The number of carboxylic acids is 1. The highest BCUT2D eigenvalue weighted by molar-refractivity contribution is 5.96. The van der Waals surface area contributed by atoms with Gasteiger partial charge >= 0.3 is 5.97 Å². The molecular formula is C18H15N5O4. The van der Waals surface area contributed by atoms with Crippen molar-refractivity contribution in [1.82, 2.24) is 5.32 Å². The number of ether oxygens (including phenoxy) is 2. The van der Waals surface area contributed by atoms with Crippen LogP contribution in [0.25, 0.3) is 0 Å². The molecule has 2 aromatic rings. The molecule has 0 unspecified atom stereocenters. The fraction of sp³-hybridized carbons (Fsp3) is 0.111. The first-order valence-corrected chi connectivity index (χ1v) is 7.59. The summed E-state index contributed by atoms with van der Waals surface area (Å²) in [7, 11) is 1.44. The van der Waals surface area contributed by atoms with Crippen molar-refractivity contribution in [3.05, 3.63) is 48.0 Å². The van der Waals surface area contributed by atoms with Gasteiger partial charge in [0.2, 0.25) is 5.96 Å². The van der Waals surface area contributed by atoms with Crippen LogP contribution in [-0.4, -0.2) is 30.8 Å². The molecule has 0 atom stereocenters. The highest BCUT2D eigenvalue weighted by Crippen LogP contribution is 2.24. The van der Waals surface area contributed by atoms with Gasteiger partial charge in [-0.05, 0) is 24.3 Å². The van der Waals surface area contributed by atoms with Gasteiger partial charge in [-0.2, -0.15) is 10.5 Å². The van der Waals surface area contributed by atoms with Crippen LogP contribution in [0.1, 0.15) is 5.56 Å². The summed E-state index contributed by atoms with van der Waals surface area (Å²) in [6, 6.07) is 13.3. The smallest absolute Gasteiger partial charge is 0.341 e. The summed E-state index contributed by atoms with van der Waals surface area (Å²) in [5, 5.41) is 32.0. The van der Waals surface area contributed by atoms with E-state index in [9.17, 15) is 4.79 Å². The summed E-state index contributed by atoms with van der Waals surface area (Å²) in [6.07, 6.45) is 1.78. The lowest BCUT2D eigenvalue weighted by molar-refractivity contribution is -0.139. The van der Waals surface area contributed by atoms with E-state index in [1.54, 1.807) is 48.7 Å². The summed E-state index contributed by atoms with van der Waals surface area (Å²) >= 11 is 0. The minimum absolute atomic E-state index is 0.125. The number of aliphatic carboxylic acids is 1. The number of anilines is 1. The zero-order valence-electron chi connectivity index (χ0n) is 14.3. The number of guanidine groups is 1. The van der Waals surface area contributed by atoms with Gasteiger partial charge in [-0.1, -0.05) is 6.07 Å². The Bertz CT molecular complexity index is 943. The number of nitrogens with one attached hydrogen (secondary N) is 2. The molecule has 9 nitrogen and oxygen atoms in total. The monoisotopic (exact) mass is 365 g/mol. The van der Waals surface area contributed by atoms with E-state index in [-0.39, 0.29) is 5.96 Å². The number of nitrogens with zero attached hydrogens (tertiary/aromatic N) is 3. The lowest BCUT2D eigenvalue weighted by Crippen LogP contribution is -2.26. The fourth-order valence-corrected chi connectivity index (χ4v) is 2.06. The normalized spacial score (nSPS) is 10.3. The number of hydrogen-bond donors (Lipinski definition) is 3. The molecule has 2 aromatic carbocycles. The third-order valence-corrected chi connectivity index (χ3v) is 3.18. The van der Waals surface area contributed by atoms with Gasteiger partial charge < -0.3 is 19.9 Å². The van der Waals surface area contributed by atoms with Crippen molar-refractivity contribution < 1.29 is 19.4 Å². The van der Waals surface area contributed by atoms with Gasteiger partial charge in [0.1, 0.15) is 17.6 Å². The zero-order chi connectivity index (χ0) is 19.6. The SMILES string of the molecule is COc1cc(N=C(NC#N)Nc2cccc(OCC(=O)O)c2)ccc1C#N. The Morgan fingerprint density at radius 1 is 1.26 bits per heavy atom. The van der Waals surface area contributed by atoms with Crippen LogP contribution in [0.5, 0.6) is 11.5 Å². The summed E-state index contributed by atoms with van der Waals surface area (Å²) in [4.78, 5) is 14.9. The van der Waals surface area contributed by atoms with Crippen molar-refractivity contribution in [3.8, 4) is 23.8 Å². The molecule has 136 valence electrons. The molecule has 0 heterocycles. The standard InChI is InChI=1S/C18H15N5O4/c1-26-16-8-14(6-5-12(16)9-19)23-18(21-11-20)22-13-3-2-4-15(7-13)27-10-17(24)25/h2-8H,10H2,1H3,(H,24,25)(H2,21,22,23). The first-order chi connectivity index (χ1) is 13.0. The molecule has 0 saturated carbocycles. The molecule has 0 aliphatic heterocycles. The molecule has 0 saturated heterocycles. The molecule has 27 heavy (non-hydrogen) atoms. The van der Waals surface area contributed by atoms with Gasteiger partial charge in [0.25, 0.3) is 0 Å². The van der Waals surface area contributed by atoms with Crippen LogP contribution in [0.4, 0.5) is 11.4 Å². The highest BCUT2D eigenvalue weighted by atomic mass is 16.5. The van der Waals surface area contributed by atoms with Crippen molar-refractivity contribution in [2.24, 2.45) is 4.99 Å². The van der Waals surface area contributed by atoms with E-state index in [4.69, 9.17) is 25.1 Å². The van der Waals surface area contributed by atoms with Crippen LogP contribution < -0.4 is 20.1 Å². The number of rotatable bonds is 6. The van der Waals surface area contributed by atoms with Gasteiger partial charge in [0.05, 0.1) is 18.4 Å². The zero-order valence-corrected chi connectivity index (χ0v) is 14.3. The van der Waals surface area contributed by atoms with Crippen LogP contribution in [0, 0.1) is 22.8 Å². The molecule has 0 radical (unpaired) electrons. The maximum atomic E-state index is 10.6. The second kappa shape index (κ2) is 9.30. The third-order valence-electron chi connectivity index (χ3n) is 3.18. The molecule has 0 aliphatic carbocycles. The van der Waals surface area contributed by atoms with Crippen molar-refractivity contribution in [3.63, 3.8) is 0 Å². The molecule has 0 amide bonds. The molecule has 3 N–H and O–H groups in total. The highest BCUT2D eigenvalue weighted by Gasteiger charge is 2.06. The van der Waals surface area contributed by atoms with Crippen molar-refractivity contribution in [2.75, 3.05) is 19.0 Å². The number of carboxylic acid groups (broad SMARTS) is 1. The predicted octanol–water partition coefficient (Wildman–Crippen LogP) is 2.20. The third kappa shape index (κ3) is 5.66. The molecule has 0 bridgehead atoms. The van der Waals surface area contributed by atoms with Gasteiger partial charge in [0, 0.05) is 17.8 Å². The number of nitriles is 2. The van der Waals surface area contributed by atoms with Gasteiger partial charge in [-0.25, -0.2) is 9.79 Å². The number of hydrogen-bond acceptors (Lipinski definition) is 6. The predicted molar refractivity (Wildman–Crippen MR) is 96.7 cm³/mol. The van der Waals surface area contributed by atoms with Crippen molar-refractivity contribution in [1.29, 1.82) is 10.5 Å². The summed E-state index contributed by atoms with van der Waals surface area (Å²) in [5.74, 6) is -0.256. The van der Waals surface area contributed by atoms with Crippen LogP contribution in [-0.2, 0) is 4.79 Å². The largest absolute Gasteiger partial charge is 0.495 e. The topological polar surface area (TPSA) is 140 Å². The van der Waals surface area contributed by atoms with E-state index in [0.29, 0.717) is 28.4 Å². The molecule has 2 rings (SSSR count). The van der Waals surface area contributed by atoms with E-state index in [2.05, 4.69) is 15.6 Å². The maximum Gasteiger partial charge on any atom is 0.341 e. The van der Waals surface area contributed by atoms with Crippen LogP contribution in [0.15, 0.2) is 47.5 Å². The summed E-state index contributed by atoms with van der Waals surface area (Å²) < 4.78 is 10.2. The Hall–Kier alpha value is -4.24. The molecule has 0 aliphatic rings. The Morgan fingerprint density at radius 3 is 2.74 bits per heavy atom. The van der Waals surface area contributed by atoms with Crippen molar-refractivity contribution >= 4 is 23.3 Å². The van der Waals surface area contributed by atoms with Crippen molar-refractivity contribution in [2.45, 2.75) is 0 Å². The second-order valence-corrected chi connectivity index (χ2v) is 5.03. The minimum Gasteiger partial charge on any atom is -0.495 e. The minimum atomic E-state index is -1.09. The first kappa shape index (κ1) is 19.1. The van der Waals surface area contributed by atoms with Crippen LogP contribution >= 0.6 is 0 Å². The average molecular weight is 365 g/mol. The fourth-order valence-electron chi connectivity index (χ4n) is 2.06. The van der Waals surface area contributed by atoms with E-state index >= 15 is 0 Å². The van der Waals surface area contributed by atoms with Gasteiger partial charge in [-0.3, -0.25) is 5.32 Å². The maximum absolute atomic E-state index is 10.6. The summed E-state index contributed by atoms with van der Waals surface area (Å²) in [5.41, 5.74) is 1.34. The van der Waals surface area contributed by atoms with Gasteiger partial charge in [-0.15, -0.1) is 0 Å². The van der Waals surface area contributed by atoms with Crippen LogP contribution in [0.2, 0.25) is 0 Å². The molecule has 0 spiro atoms. The van der Waals surface area contributed by atoms with E-state index < -0.39 is 12.6 Å². The van der Waals surface area contributed by atoms with E-state index in [0.717, 1.165) is 0 Å². The average Bonchev–Trinajstić information content (AvgIpc) is 2.66. The Balaban J connectivity index is 2.24. The molecule has 0 fully saturated rings. The Kier molecular flexibility index (Phi) is 6.57. The second-order valence-electron chi connectivity index (χ2n) is 5.03. The lowest BCUT2D eigenvalue weighted by Gasteiger charge is -2.10. The van der Waals surface area contributed by atoms with E-state index in [1.165, 1.54) is 7.11 Å². The van der Waals surface area contributed by atoms with E-state index in [1.807, 2.05) is 6.07 Å². The quantitative estimate of drug-likeness (QED) is 0.306. The Morgan fingerprint density at radius 2 is 2.07 bits per heavy atom. The number of carbonyl (C=O) groups is 1. The first-order valence-electron chi connectivity index (χ1n) is 7.59. The van der Waals surface area contributed by atoms with Gasteiger partial charge in [0.15, 0.2) is 12.8 Å². The molecule has 0 aromatic heterocycles. The molecule has 9 heteroatoms. The summed E-state index contributed by atoms with van der Waals surface area (Å²) in [6.45, 7) is -0.466. The number of methoxy groups -OCH3 is 1. The Labute approximate surface area is 155 Å². The number of aliphatic imine (C=N–C) groups is 1. The molecular weight excluding hydrogens is 350 g/mol.